The van der Waals surface area contributed by atoms with Crippen molar-refractivity contribution in [2.75, 3.05) is 0 Å². The lowest BCUT2D eigenvalue weighted by Gasteiger charge is -2.19. The highest BCUT2D eigenvalue weighted by molar-refractivity contribution is 8.15. The number of carbonyl (C=O) groups is 2. The first-order valence-corrected chi connectivity index (χ1v) is 5.86. The number of rotatable bonds is 2. The number of benzene rings is 1. The molecule has 1 atom stereocenters. The molecule has 2 rings (SSSR count). The van der Waals surface area contributed by atoms with Crippen molar-refractivity contribution < 1.29 is 14.7 Å². The molecule has 0 bridgehead atoms. The van der Waals surface area contributed by atoms with E-state index in [0.29, 0.717) is 10.9 Å². The Kier molecular flexibility index (Phi) is 3.43. The van der Waals surface area contributed by atoms with E-state index >= 15 is 0 Å². The number of amidine groups is 1. The molecule has 1 heterocycles. The Balaban J connectivity index is 2.18. The van der Waals surface area contributed by atoms with Gasteiger partial charge in [0.1, 0.15) is 5.25 Å². The SMILES string of the molecule is O=C1CC(C(=O)O)SC(=Nc2ccccc2)N1. The van der Waals surface area contributed by atoms with E-state index in [2.05, 4.69) is 10.3 Å². The van der Waals surface area contributed by atoms with E-state index in [1.54, 1.807) is 12.1 Å². The summed E-state index contributed by atoms with van der Waals surface area (Å²) in [5.74, 6) is -1.31. The second-order valence-corrected chi connectivity index (χ2v) is 4.64. The van der Waals surface area contributed by atoms with Crippen LogP contribution in [0.3, 0.4) is 0 Å². The maximum absolute atomic E-state index is 11.3. The monoisotopic (exact) mass is 250 g/mol. The second kappa shape index (κ2) is 5.01. The van der Waals surface area contributed by atoms with Crippen molar-refractivity contribution >= 4 is 34.5 Å². The molecule has 1 aliphatic rings. The molecule has 0 spiro atoms. The van der Waals surface area contributed by atoms with Crippen LogP contribution in [0.15, 0.2) is 35.3 Å². The molecule has 0 aromatic heterocycles. The van der Waals surface area contributed by atoms with Crippen LogP contribution in [0.1, 0.15) is 6.42 Å². The molecule has 0 radical (unpaired) electrons. The standard InChI is InChI=1S/C11H10N2O3S/c14-9-6-8(10(15)16)17-11(13-9)12-7-4-2-1-3-5-7/h1-5,8H,6H2,(H,15,16)(H,12,13,14). The van der Waals surface area contributed by atoms with E-state index in [1.807, 2.05) is 18.2 Å². The van der Waals surface area contributed by atoms with Gasteiger partial charge in [0.15, 0.2) is 5.17 Å². The molecule has 17 heavy (non-hydrogen) atoms. The van der Waals surface area contributed by atoms with E-state index < -0.39 is 11.2 Å². The minimum atomic E-state index is -0.995. The van der Waals surface area contributed by atoms with Crippen LogP contribution in [0.5, 0.6) is 0 Å². The van der Waals surface area contributed by atoms with Gasteiger partial charge >= 0.3 is 5.97 Å². The molecular formula is C11H10N2O3S. The molecular weight excluding hydrogens is 240 g/mol. The molecule has 1 unspecified atom stereocenters. The Bertz CT molecular complexity index is 473. The average molecular weight is 250 g/mol. The number of carboxylic acids is 1. The van der Waals surface area contributed by atoms with Crippen molar-refractivity contribution in [3.63, 3.8) is 0 Å². The van der Waals surface area contributed by atoms with Gasteiger partial charge < -0.3 is 10.4 Å². The predicted molar refractivity (Wildman–Crippen MR) is 65.3 cm³/mol. The first kappa shape index (κ1) is 11.7. The van der Waals surface area contributed by atoms with Crippen LogP contribution in [-0.4, -0.2) is 27.4 Å². The van der Waals surface area contributed by atoms with E-state index in [9.17, 15) is 9.59 Å². The van der Waals surface area contributed by atoms with Gasteiger partial charge in [-0.3, -0.25) is 9.59 Å². The summed E-state index contributed by atoms with van der Waals surface area (Å²) in [5, 5.41) is 11.0. The molecule has 0 aliphatic carbocycles. The van der Waals surface area contributed by atoms with Crippen LogP contribution in [0.2, 0.25) is 0 Å². The zero-order valence-electron chi connectivity index (χ0n) is 8.79. The highest BCUT2D eigenvalue weighted by Gasteiger charge is 2.29. The summed E-state index contributed by atoms with van der Waals surface area (Å²) in [6, 6.07) is 9.07. The van der Waals surface area contributed by atoms with Crippen LogP contribution >= 0.6 is 11.8 Å². The minimum Gasteiger partial charge on any atom is -0.480 e. The van der Waals surface area contributed by atoms with Crippen molar-refractivity contribution in [1.29, 1.82) is 0 Å². The van der Waals surface area contributed by atoms with Gasteiger partial charge in [-0.2, -0.15) is 0 Å². The average Bonchev–Trinajstić information content (AvgIpc) is 2.29. The van der Waals surface area contributed by atoms with Crippen molar-refractivity contribution in [3.05, 3.63) is 30.3 Å². The Morgan fingerprint density at radius 1 is 1.41 bits per heavy atom. The fraction of sp³-hybridized carbons (Fsp3) is 0.182. The summed E-state index contributed by atoms with van der Waals surface area (Å²) in [6.45, 7) is 0. The van der Waals surface area contributed by atoms with Crippen molar-refractivity contribution in [2.45, 2.75) is 11.7 Å². The highest BCUT2D eigenvalue weighted by atomic mass is 32.2. The van der Waals surface area contributed by atoms with Crippen molar-refractivity contribution in [2.24, 2.45) is 4.99 Å². The Labute approximate surface area is 102 Å². The number of amides is 1. The van der Waals surface area contributed by atoms with Gasteiger partial charge in [0, 0.05) is 6.42 Å². The Hall–Kier alpha value is -1.82. The molecule has 2 N–H and O–H groups in total. The smallest absolute Gasteiger partial charge is 0.317 e. The van der Waals surface area contributed by atoms with Crippen molar-refractivity contribution in [1.82, 2.24) is 5.32 Å². The van der Waals surface area contributed by atoms with Gasteiger partial charge in [0.2, 0.25) is 5.91 Å². The Morgan fingerprint density at radius 2 is 2.12 bits per heavy atom. The molecule has 1 aliphatic heterocycles. The fourth-order valence-electron chi connectivity index (χ4n) is 1.36. The Morgan fingerprint density at radius 3 is 2.76 bits per heavy atom. The van der Waals surface area contributed by atoms with Crippen LogP contribution in [0.25, 0.3) is 0 Å². The van der Waals surface area contributed by atoms with Gasteiger partial charge in [-0.1, -0.05) is 30.0 Å². The number of carboxylic acid groups (broad SMARTS) is 1. The third kappa shape index (κ3) is 3.07. The molecule has 5 nitrogen and oxygen atoms in total. The maximum Gasteiger partial charge on any atom is 0.317 e. The molecule has 1 amide bonds. The number of nitrogens with one attached hydrogen (secondary N) is 1. The molecule has 1 aromatic rings. The predicted octanol–water partition coefficient (Wildman–Crippen LogP) is 1.38. The third-order valence-corrected chi connectivity index (χ3v) is 3.20. The van der Waals surface area contributed by atoms with Gasteiger partial charge in [-0.25, -0.2) is 4.99 Å². The van der Waals surface area contributed by atoms with E-state index in [-0.39, 0.29) is 12.3 Å². The van der Waals surface area contributed by atoms with Gasteiger partial charge in [-0.05, 0) is 12.1 Å². The summed E-state index contributed by atoms with van der Waals surface area (Å²) in [6.07, 6.45) is -0.0200. The molecule has 1 saturated heterocycles. The summed E-state index contributed by atoms with van der Waals surface area (Å²) >= 11 is 1.06. The minimum absolute atomic E-state index is 0.0200. The highest BCUT2D eigenvalue weighted by Crippen LogP contribution is 2.23. The molecule has 6 heteroatoms. The van der Waals surface area contributed by atoms with Gasteiger partial charge in [0.05, 0.1) is 5.69 Å². The lowest BCUT2D eigenvalue weighted by Crippen LogP contribution is -2.40. The van der Waals surface area contributed by atoms with E-state index in [4.69, 9.17) is 5.11 Å². The quantitative estimate of drug-likeness (QED) is 0.831. The lowest BCUT2D eigenvalue weighted by atomic mass is 10.3. The zero-order chi connectivity index (χ0) is 12.3. The summed E-state index contributed by atoms with van der Waals surface area (Å²) in [7, 11) is 0. The van der Waals surface area contributed by atoms with E-state index in [1.165, 1.54) is 0 Å². The van der Waals surface area contributed by atoms with Crippen LogP contribution in [-0.2, 0) is 9.59 Å². The topological polar surface area (TPSA) is 78.8 Å². The summed E-state index contributed by atoms with van der Waals surface area (Å²) < 4.78 is 0. The number of carbonyl (C=O) groups excluding carboxylic acids is 1. The number of nitrogens with zero attached hydrogens (tertiary/aromatic N) is 1. The van der Waals surface area contributed by atoms with Crippen LogP contribution in [0.4, 0.5) is 5.69 Å². The fourth-order valence-corrected chi connectivity index (χ4v) is 2.29. The normalized spacial score (nSPS) is 22.2. The first-order chi connectivity index (χ1) is 8.15. The molecule has 0 saturated carbocycles. The number of para-hydroxylation sites is 1. The number of hydrogen-bond donors (Lipinski definition) is 2. The largest absolute Gasteiger partial charge is 0.480 e. The lowest BCUT2D eigenvalue weighted by molar-refractivity contribution is -0.138. The molecule has 88 valence electrons. The van der Waals surface area contributed by atoms with Crippen LogP contribution < -0.4 is 5.32 Å². The first-order valence-electron chi connectivity index (χ1n) is 4.98. The van der Waals surface area contributed by atoms with Gasteiger partial charge in [-0.15, -0.1) is 0 Å². The zero-order valence-corrected chi connectivity index (χ0v) is 9.61. The van der Waals surface area contributed by atoms with Crippen LogP contribution in [0, 0.1) is 0 Å². The number of thioether (sulfide) groups is 1. The summed E-state index contributed by atoms with van der Waals surface area (Å²) in [5.41, 5.74) is 0.682. The number of aliphatic carboxylic acids is 1. The third-order valence-electron chi connectivity index (χ3n) is 2.13. The molecule has 1 aromatic carbocycles. The number of hydrogen-bond acceptors (Lipinski definition) is 4. The van der Waals surface area contributed by atoms with Crippen molar-refractivity contribution in [3.8, 4) is 0 Å². The summed E-state index contributed by atoms with van der Waals surface area (Å²) in [4.78, 5) is 26.3. The molecule has 1 fully saturated rings. The maximum atomic E-state index is 11.3. The number of aliphatic imine (C=N–C) groups is 1. The second-order valence-electron chi connectivity index (χ2n) is 3.45. The van der Waals surface area contributed by atoms with Gasteiger partial charge in [0.25, 0.3) is 0 Å². The van der Waals surface area contributed by atoms with E-state index in [0.717, 1.165) is 11.8 Å².